The zero-order chi connectivity index (χ0) is 36.3. The number of rotatable bonds is 6. The first kappa shape index (κ1) is 31.2. The van der Waals surface area contributed by atoms with Gasteiger partial charge >= 0.3 is 0 Å². The second kappa shape index (κ2) is 12.6. The van der Waals surface area contributed by atoms with Crippen molar-refractivity contribution >= 4 is 71.7 Å². The van der Waals surface area contributed by atoms with Gasteiger partial charge in [0.2, 0.25) is 0 Å². The molecule has 3 heteroatoms. The van der Waals surface area contributed by atoms with E-state index in [9.17, 15) is 0 Å². The summed E-state index contributed by atoms with van der Waals surface area (Å²) >= 11 is 0. The minimum Gasteiger partial charge on any atom is -0.456 e. The van der Waals surface area contributed by atoms with Crippen molar-refractivity contribution in [3.05, 3.63) is 200 Å². The van der Waals surface area contributed by atoms with Gasteiger partial charge in [-0.15, -0.1) is 0 Å². The highest BCUT2D eigenvalue weighted by Gasteiger charge is 2.18. The number of para-hydroxylation sites is 1. The molecule has 0 saturated heterocycles. The largest absolute Gasteiger partial charge is 0.456 e. The van der Waals surface area contributed by atoms with Crippen LogP contribution in [0.25, 0.3) is 88.0 Å². The standard InChI is InChI=1S/C52H33NO2/c1-2-10-34(11-3-1)35-20-26-40(27-21-35)53(42-14-8-13-38(32-42)39-25-30-46-45-16-6-7-18-48(45)54-50(46)33-39)41-28-22-37(23-29-41)43-17-9-19-49-51(43)47-31-24-36-12-4-5-15-44(36)52(47)55-49/h1-33H. The predicted molar refractivity (Wildman–Crippen MR) is 229 cm³/mol. The van der Waals surface area contributed by atoms with Gasteiger partial charge in [-0.25, -0.2) is 0 Å². The molecule has 0 saturated carbocycles. The Bertz CT molecular complexity index is 3190. The molecule has 0 aliphatic rings. The maximum atomic E-state index is 6.52. The molecule has 2 aromatic heterocycles. The molecule has 11 rings (SSSR count). The third kappa shape index (κ3) is 5.28. The molecule has 0 spiro atoms. The Morgan fingerprint density at radius 1 is 0.309 bits per heavy atom. The Hall–Kier alpha value is -7.36. The first-order valence-corrected chi connectivity index (χ1v) is 18.7. The van der Waals surface area contributed by atoms with Crippen molar-refractivity contribution in [2.24, 2.45) is 0 Å². The molecule has 0 aliphatic carbocycles. The van der Waals surface area contributed by atoms with Crippen LogP contribution in [0.3, 0.4) is 0 Å². The van der Waals surface area contributed by atoms with Gasteiger partial charge in [0.1, 0.15) is 22.3 Å². The molecule has 0 unspecified atom stereocenters. The van der Waals surface area contributed by atoms with Crippen molar-refractivity contribution in [3.8, 4) is 33.4 Å². The van der Waals surface area contributed by atoms with E-state index in [0.29, 0.717) is 0 Å². The van der Waals surface area contributed by atoms with E-state index >= 15 is 0 Å². The fourth-order valence-electron chi connectivity index (χ4n) is 8.20. The quantitative estimate of drug-likeness (QED) is 0.173. The van der Waals surface area contributed by atoms with Crippen molar-refractivity contribution < 1.29 is 8.83 Å². The van der Waals surface area contributed by atoms with Crippen molar-refractivity contribution in [1.29, 1.82) is 0 Å². The summed E-state index contributed by atoms with van der Waals surface area (Å²) in [5.74, 6) is 0. The molecule has 3 nitrogen and oxygen atoms in total. The minimum atomic E-state index is 0.890. The Kier molecular flexibility index (Phi) is 7.17. The van der Waals surface area contributed by atoms with Crippen molar-refractivity contribution in [2.45, 2.75) is 0 Å². The molecule has 0 radical (unpaired) electrons. The van der Waals surface area contributed by atoms with E-state index in [2.05, 4.69) is 193 Å². The van der Waals surface area contributed by atoms with Crippen molar-refractivity contribution in [2.75, 3.05) is 4.90 Å². The molecule has 0 aliphatic heterocycles. The minimum absolute atomic E-state index is 0.890. The lowest BCUT2D eigenvalue weighted by Crippen LogP contribution is -2.10. The first-order valence-electron chi connectivity index (χ1n) is 18.7. The fourth-order valence-corrected chi connectivity index (χ4v) is 8.20. The average molecular weight is 704 g/mol. The van der Waals surface area contributed by atoms with Gasteiger partial charge in [-0.1, -0.05) is 133 Å². The average Bonchev–Trinajstić information content (AvgIpc) is 3.83. The molecule has 0 bridgehead atoms. The van der Waals surface area contributed by atoms with Gasteiger partial charge in [0.05, 0.1) is 0 Å². The SMILES string of the molecule is c1ccc(-c2ccc(N(c3ccc(-c4cccc5oc6c7ccccc7ccc6c45)cc3)c3cccc(-c4ccc5c(c4)oc4ccccc45)c3)cc2)cc1. The molecular weight excluding hydrogens is 671 g/mol. The van der Waals surface area contributed by atoms with E-state index in [1.165, 1.54) is 16.5 Å². The first-order chi connectivity index (χ1) is 27.2. The zero-order valence-electron chi connectivity index (χ0n) is 29.8. The normalized spacial score (nSPS) is 11.6. The highest BCUT2D eigenvalue weighted by Crippen LogP contribution is 2.42. The summed E-state index contributed by atoms with van der Waals surface area (Å²) < 4.78 is 12.8. The molecule has 0 fully saturated rings. The molecule has 55 heavy (non-hydrogen) atoms. The highest BCUT2D eigenvalue weighted by molar-refractivity contribution is 6.19. The van der Waals surface area contributed by atoms with Gasteiger partial charge in [0, 0.05) is 44.0 Å². The van der Waals surface area contributed by atoms with Gasteiger partial charge in [0.15, 0.2) is 0 Å². The number of fused-ring (bicyclic) bond motifs is 8. The van der Waals surface area contributed by atoms with Crippen LogP contribution in [0.5, 0.6) is 0 Å². The van der Waals surface area contributed by atoms with Crippen LogP contribution in [0, 0.1) is 0 Å². The van der Waals surface area contributed by atoms with Crippen LogP contribution in [0.15, 0.2) is 209 Å². The number of anilines is 3. The summed E-state index contributed by atoms with van der Waals surface area (Å²) in [6.45, 7) is 0. The van der Waals surface area contributed by atoms with E-state index in [1.54, 1.807) is 0 Å². The number of hydrogen-bond acceptors (Lipinski definition) is 3. The smallest absolute Gasteiger partial charge is 0.143 e. The lowest BCUT2D eigenvalue weighted by atomic mass is 9.97. The number of hydrogen-bond donors (Lipinski definition) is 0. The molecule has 0 N–H and O–H groups in total. The Morgan fingerprint density at radius 2 is 0.909 bits per heavy atom. The van der Waals surface area contributed by atoms with Gasteiger partial charge in [-0.2, -0.15) is 0 Å². The lowest BCUT2D eigenvalue weighted by molar-refractivity contribution is 0.669. The molecule has 0 atom stereocenters. The molecule has 258 valence electrons. The van der Waals surface area contributed by atoms with Crippen LogP contribution in [0.4, 0.5) is 17.1 Å². The molecular formula is C52H33NO2. The van der Waals surface area contributed by atoms with Gasteiger partial charge in [-0.05, 0) is 105 Å². The summed E-state index contributed by atoms with van der Waals surface area (Å²) in [6.07, 6.45) is 0. The highest BCUT2D eigenvalue weighted by atomic mass is 16.3. The van der Waals surface area contributed by atoms with Crippen LogP contribution in [0.1, 0.15) is 0 Å². The summed E-state index contributed by atoms with van der Waals surface area (Å²) in [6, 6.07) is 71.0. The van der Waals surface area contributed by atoms with Crippen LogP contribution < -0.4 is 4.90 Å². The zero-order valence-corrected chi connectivity index (χ0v) is 29.8. The van der Waals surface area contributed by atoms with Crippen molar-refractivity contribution in [3.63, 3.8) is 0 Å². The summed E-state index contributed by atoms with van der Waals surface area (Å²) in [5.41, 5.74) is 13.7. The van der Waals surface area contributed by atoms with Gasteiger partial charge in [0.25, 0.3) is 0 Å². The summed E-state index contributed by atoms with van der Waals surface area (Å²) in [4.78, 5) is 2.34. The van der Waals surface area contributed by atoms with E-state index in [1.807, 2.05) is 12.1 Å². The molecule has 2 heterocycles. The van der Waals surface area contributed by atoms with Gasteiger partial charge < -0.3 is 13.7 Å². The van der Waals surface area contributed by atoms with Crippen LogP contribution in [0.2, 0.25) is 0 Å². The lowest BCUT2D eigenvalue weighted by Gasteiger charge is -2.26. The van der Waals surface area contributed by atoms with Crippen LogP contribution in [-0.2, 0) is 0 Å². The number of nitrogens with zero attached hydrogens (tertiary/aromatic N) is 1. The maximum absolute atomic E-state index is 6.52. The summed E-state index contributed by atoms with van der Waals surface area (Å²) in [7, 11) is 0. The van der Waals surface area contributed by atoms with Crippen LogP contribution in [-0.4, -0.2) is 0 Å². The molecule has 11 aromatic rings. The second-order valence-electron chi connectivity index (χ2n) is 14.1. The Morgan fingerprint density at radius 3 is 1.75 bits per heavy atom. The number of furan rings is 2. The second-order valence-corrected chi connectivity index (χ2v) is 14.1. The molecule has 0 amide bonds. The molecule has 9 aromatic carbocycles. The predicted octanol–water partition coefficient (Wildman–Crippen LogP) is 15.1. The van der Waals surface area contributed by atoms with E-state index in [0.717, 1.165) is 88.6 Å². The Labute approximate surface area is 317 Å². The third-order valence-corrected chi connectivity index (χ3v) is 10.9. The van der Waals surface area contributed by atoms with E-state index in [-0.39, 0.29) is 0 Å². The monoisotopic (exact) mass is 703 g/mol. The van der Waals surface area contributed by atoms with Gasteiger partial charge in [-0.3, -0.25) is 0 Å². The van der Waals surface area contributed by atoms with Crippen molar-refractivity contribution in [1.82, 2.24) is 0 Å². The Balaban J connectivity index is 1.02. The topological polar surface area (TPSA) is 29.5 Å². The fraction of sp³-hybridized carbons (Fsp3) is 0. The van der Waals surface area contributed by atoms with E-state index in [4.69, 9.17) is 8.83 Å². The maximum Gasteiger partial charge on any atom is 0.143 e. The van der Waals surface area contributed by atoms with E-state index < -0.39 is 0 Å². The summed E-state index contributed by atoms with van der Waals surface area (Å²) in [5, 5.41) is 6.84. The number of benzene rings is 9. The third-order valence-electron chi connectivity index (χ3n) is 10.9. The van der Waals surface area contributed by atoms with Crippen LogP contribution >= 0.6 is 0 Å².